The summed E-state index contributed by atoms with van der Waals surface area (Å²) in [6.45, 7) is 6.37. The lowest BCUT2D eigenvalue weighted by molar-refractivity contribution is 0.352. The fourth-order valence-corrected chi connectivity index (χ4v) is 2.60. The average molecular weight is 263 g/mol. The lowest BCUT2D eigenvalue weighted by Gasteiger charge is -2.36. The van der Waals surface area contributed by atoms with Gasteiger partial charge in [0.25, 0.3) is 0 Å². The van der Waals surface area contributed by atoms with E-state index < -0.39 is 0 Å². The molecule has 2 aliphatic rings. The maximum absolute atomic E-state index is 8.19. The highest BCUT2D eigenvalue weighted by atomic mass is 15.6. The zero-order chi connectivity index (χ0) is 13.8. The van der Waals surface area contributed by atoms with E-state index in [4.69, 9.17) is 5.41 Å². The Kier molecular flexibility index (Phi) is 4.61. The number of hydrogen-bond donors (Lipinski definition) is 4. The van der Waals surface area contributed by atoms with E-state index >= 15 is 0 Å². The van der Waals surface area contributed by atoms with E-state index in [1.807, 2.05) is 13.1 Å². The van der Waals surface area contributed by atoms with Crippen LogP contribution in [0.25, 0.3) is 0 Å². The number of piperidine rings is 1. The van der Waals surface area contributed by atoms with Crippen molar-refractivity contribution in [2.75, 3.05) is 20.1 Å². The first-order valence-electron chi connectivity index (χ1n) is 7.12. The number of nitrogens with one attached hydrogen (secondary N) is 4. The summed E-state index contributed by atoms with van der Waals surface area (Å²) in [5.74, 6) is 2.01. The van der Waals surface area contributed by atoms with Gasteiger partial charge < -0.3 is 10.6 Å². The third kappa shape index (κ3) is 2.98. The minimum Gasteiger partial charge on any atom is -0.344 e. The molecule has 2 rings (SSSR count). The number of allylic oxidation sites excluding steroid dienone is 1. The number of hydrazine groups is 1. The molecule has 5 heteroatoms. The van der Waals surface area contributed by atoms with Crippen molar-refractivity contribution in [2.24, 2.45) is 5.92 Å². The predicted molar refractivity (Wildman–Crippen MR) is 78.4 cm³/mol. The predicted octanol–water partition coefficient (Wildman–Crippen LogP) is 1.53. The summed E-state index contributed by atoms with van der Waals surface area (Å²) in [6, 6.07) is 0. The smallest absolute Gasteiger partial charge is 0.142 e. The molecule has 0 aromatic carbocycles. The van der Waals surface area contributed by atoms with E-state index in [1.54, 1.807) is 5.01 Å². The fraction of sp³-hybridized carbons (Fsp3) is 0.643. The number of rotatable bonds is 3. The molecule has 0 radical (unpaired) electrons. The van der Waals surface area contributed by atoms with Crippen LogP contribution in [-0.2, 0) is 0 Å². The Balaban J connectivity index is 2.25. The van der Waals surface area contributed by atoms with Crippen LogP contribution in [0.2, 0.25) is 0 Å². The first-order chi connectivity index (χ1) is 9.17. The Bertz CT molecular complexity index is 404. The van der Waals surface area contributed by atoms with E-state index in [0.717, 1.165) is 25.3 Å². The van der Waals surface area contributed by atoms with Gasteiger partial charge in [0.15, 0.2) is 0 Å². The minimum atomic E-state index is 0.493. The lowest BCUT2D eigenvalue weighted by Crippen LogP contribution is -2.49. The molecule has 0 saturated carbocycles. The summed E-state index contributed by atoms with van der Waals surface area (Å²) < 4.78 is 0. The zero-order valence-electron chi connectivity index (χ0n) is 12.1. The van der Waals surface area contributed by atoms with Gasteiger partial charge in [-0.1, -0.05) is 6.92 Å². The molecule has 0 spiro atoms. The molecule has 1 unspecified atom stereocenters. The summed E-state index contributed by atoms with van der Waals surface area (Å²) in [6.07, 6.45) is 5.32. The van der Waals surface area contributed by atoms with Crippen LogP contribution in [0.1, 0.15) is 33.1 Å². The summed E-state index contributed by atoms with van der Waals surface area (Å²) in [5.41, 5.74) is 5.50. The van der Waals surface area contributed by atoms with Crippen molar-refractivity contribution in [3.05, 3.63) is 23.2 Å². The Hall–Kier alpha value is -1.33. The molecule has 1 saturated heterocycles. The quantitative estimate of drug-likeness (QED) is 0.623. The van der Waals surface area contributed by atoms with Gasteiger partial charge in [0.2, 0.25) is 0 Å². The van der Waals surface area contributed by atoms with Crippen molar-refractivity contribution in [3.63, 3.8) is 0 Å². The molecule has 0 amide bonds. The third-order valence-corrected chi connectivity index (χ3v) is 3.91. The Morgan fingerprint density at radius 1 is 1.58 bits per heavy atom. The highest BCUT2D eigenvalue weighted by Gasteiger charge is 2.26. The van der Waals surface area contributed by atoms with Crippen molar-refractivity contribution in [2.45, 2.75) is 33.1 Å². The molecular weight excluding hydrogens is 238 g/mol. The second kappa shape index (κ2) is 6.21. The van der Waals surface area contributed by atoms with Crippen LogP contribution in [0.4, 0.5) is 0 Å². The van der Waals surface area contributed by atoms with Gasteiger partial charge in [0, 0.05) is 31.3 Å². The highest BCUT2D eigenvalue weighted by molar-refractivity contribution is 5.93. The van der Waals surface area contributed by atoms with Gasteiger partial charge in [-0.15, -0.1) is 0 Å². The Labute approximate surface area is 115 Å². The largest absolute Gasteiger partial charge is 0.344 e. The second-order valence-electron chi connectivity index (χ2n) is 5.19. The second-order valence-corrected chi connectivity index (χ2v) is 5.19. The summed E-state index contributed by atoms with van der Waals surface area (Å²) in [7, 11) is 1.85. The zero-order valence-corrected chi connectivity index (χ0v) is 12.1. The van der Waals surface area contributed by atoms with Crippen LogP contribution in [-0.4, -0.2) is 31.0 Å². The summed E-state index contributed by atoms with van der Waals surface area (Å²) in [5, 5.41) is 17.0. The van der Waals surface area contributed by atoms with Gasteiger partial charge in [0.05, 0.1) is 0 Å². The summed E-state index contributed by atoms with van der Waals surface area (Å²) in [4.78, 5) is 0. The Morgan fingerprint density at radius 3 is 2.95 bits per heavy atom. The Morgan fingerprint density at radius 2 is 2.37 bits per heavy atom. The topological polar surface area (TPSA) is 63.2 Å². The first kappa shape index (κ1) is 14.1. The maximum atomic E-state index is 8.19. The number of nitrogens with zero attached hydrogens (tertiary/aromatic N) is 1. The molecule has 2 aliphatic heterocycles. The van der Waals surface area contributed by atoms with Crippen LogP contribution in [0, 0.1) is 11.3 Å². The standard InChI is InChI=1S/C14H25N5/c1-4-10(2)14-18-12(8-13(15)19(14)16-3)11-6-5-7-17-9-11/h8,11,15-18H,4-7,9H2,1-3H3/b14-10+,15-13?. The molecule has 1 atom stereocenters. The molecule has 19 heavy (non-hydrogen) atoms. The molecule has 0 bridgehead atoms. The van der Waals surface area contributed by atoms with Crippen LogP contribution < -0.4 is 16.1 Å². The van der Waals surface area contributed by atoms with Crippen LogP contribution >= 0.6 is 0 Å². The molecule has 1 fully saturated rings. The van der Waals surface area contributed by atoms with E-state index in [-0.39, 0.29) is 0 Å². The van der Waals surface area contributed by atoms with Crippen LogP contribution in [0.3, 0.4) is 0 Å². The van der Waals surface area contributed by atoms with Crippen molar-refractivity contribution < 1.29 is 0 Å². The van der Waals surface area contributed by atoms with Crippen molar-refractivity contribution in [1.29, 1.82) is 5.41 Å². The number of amidine groups is 1. The van der Waals surface area contributed by atoms with E-state index in [0.29, 0.717) is 11.8 Å². The molecule has 5 nitrogen and oxygen atoms in total. The van der Waals surface area contributed by atoms with Gasteiger partial charge in [0.1, 0.15) is 11.7 Å². The minimum absolute atomic E-state index is 0.493. The van der Waals surface area contributed by atoms with Gasteiger partial charge in [-0.25, -0.2) is 10.4 Å². The molecule has 0 aromatic rings. The van der Waals surface area contributed by atoms with Crippen molar-refractivity contribution >= 4 is 5.84 Å². The molecular formula is C14H25N5. The van der Waals surface area contributed by atoms with Crippen LogP contribution in [0.15, 0.2) is 23.2 Å². The van der Waals surface area contributed by atoms with Gasteiger partial charge in [-0.3, -0.25) is 5.41 Å². The van der Waals surface area contributed by atoms with E-state index in [1.165, 1.54) is 24.1 Å². The van der Waals surface area contributed by atoms with Gasteiger partial charge in [-0.2, -0.15) is 0 Å². The normalized spacial score (nSPS) is 26.9. The molecule has 2 heterocycles. The fourth-order valence-electron chi connectivity index (χ4n) is 2.60. The first-order valence-corrected chi connectivity index (χ1v) is 7.12. The molecule has 0 aliphatic carbocycles. The number of hydrogen-bond acceptors (Lipinski definition) is 4. The van der Waals surface area contributed by atoms with Gasteiger partial charge in [-0.05, 0) is 38.3 Å². The highest BCUT2D eigenvalue weighted by Crippen LogP contribution is 2.24. The summed E-state index contributed by atoms with van der Waals surface area (Å²) >= 11 is 0. The maximum Gasteiger partial charge on any atom is 0.142 e. The monoisotopic (exact) mass is 263 g/mol. The van der Waals surface area contributed by atoms with Crippen molar-refractivity contribution in [1.82, 2.24) is 21.1 Å². The third-order valence-electron chi connectivity index (χ3n) is 3.91. The molecule has 106 valence electrons. The molecule has 4 N–H and O–H groups in total. The SMILES string of the molecule is CC/C(C)=C1\NC(C2CCCNC2)=CC(=N)N1NC. The van der Waals surface area contributed by atoms with Gasteiger partial charge >= 0.3 is 0 Å². The lowest BCUT2D eigenvalue weighted by atomic mass is 9.94. The van der Waals surface area contributed by atoms with Crippen LogP contribution in [0.5, 0.6) is 0 Å². The van der Waals surface area contributed by atoms with E-state index in [2.05, 4.69) is 29.9 Å². The average Bonchev–Trinajstić information content (AvgIpc) is 2.46. The molecule has 0 aromatic heterocycles. The van der Waals surface area contributed by atoms with Crippen molar-refractivity contribution in [3.8, 4) is 0 Å². The van der Waals surface area contributed by atoms with E-state index in [9.17, 15) is 0 Å².